The van der Waals surface area contributed by atoms with Crippen LogP contribution in [0, 0.1) is 0 Å². The number of rotatable bonds is 4. The topological polar surface area (TPSA) is 64.7 Å². The lowest BCUT2D eigenvalue weighted by atomic mass is 10.0. The molecule has 2 N–H and O–H groups in total. The summed E-state index contributed by atoms with van der Waals surface area (Å²) in [4.78, 5) is 29.4. The molecular weight excluding hydrogens is 424 g/mol. The van der Waals surface area contributed by atoms with E-state index in [0.29, 0.717) is 13.1 Å². The molecule has 3 aromatic carbocycles. The van der Waals surface area contributed by atoms with Crippen molar-refractivity contribution in [2.24, 2.45) is 0 Å². The van der Waals surface area contributed by atoms with Crippen LogP contribution in [-0.2, 0) is 25.9 Å². The zero-order valence-corrected chi connectivity index (χ0v) is 19.3. The molecule has 0 atom stereocenters. The average molecular weight is 455 g/mol. The van der Waals surface area contributed by atoms with Gasteiger partial charge in [-0.25, -0.2) is 9.59 Å². The number of nitrogens with zero attached hydrogens (tertiary/aromatic N) is 2. The summed E-state index contributed by atoms with van der Waals surface area (Å²) in [6, 6.07) is 24.1. The number of hydrogen-bond donors (Lipinski definition) is 2. The van der Waals surface area contributed by atoms with Crippen LogP contribution in [0.3, 0.4) is 0 Å². The van der Waals surface area contributed by atoms with E-state index in [0.717, 1.165) is 61.3 Å². The van der Waals surface area contributed by atoms with Crippen LogP contribution >= 0.6 is 0 Å². The van der Waals surface area contributed by atoms with Crippen LogP contribution in [0.15, 0.2) is 72.8 Å². The molecule has 0 aromatic heterocycles. The van der Waals surface area contributed by atoms with Crippen molar-refractivity contribution in [2.75, 3.05) is 22.9 Å². The van der Waals surface area contributed by atoms with Gasteiger partial charge in [0, 0.05) is 37.6 Å². The molecule has 3 aromatic rings. The minimum absolute atomic E-state index is 0.0744. The molecule has 34 heavy (non-hydrogen) atoms. The monoisotopic (exact) mass is 454 g/mol. The number of anilines is 2. The van der Waals surface area contributed by atoms with E-state index in [1.54, 1.807) is 0 Å². The van der Waals surface area contributed by atoms with Crippen LogP contribution < -0.4 is 20.4 Å². The maximum absolute atomic E-state index is 12.9. The normalized spacial score (nSPS) is 14.7. The number of carbonyl (C=O) groups excluding carboxylic acids is 2. The first-order chi connectivity index (χ1) is 16.7. The van der Waals surface area contributed by atoms with Gasteiger partial charge in [-0.2, -0.15) is 0 Å². The van der Waals surface area contributed by atoms with Crippen molar-refractivity contribution in [2.45, 2.75) is 38.8 Å². The fourth-order valence-corrected chi connectivity index (χ4v) is 4.88. The number of amides is 4. The first-order valence-corrected chi connectivity index (χ1v) is 12.0. The third-order valence-electron chi connectivity index (χ3n) is 6.59. The molecule has 4 amide bonds. The molecule has 0 bridgehead atoms. The van der Waals surface area contributed by atoms with E-state index in [2.05, 4.69) is 22.8 Å². The maximum atomic E-state index is 12.9. The van der Waals surface area contributed by atoms with Gasteiger partial charge in [0.1, 0.15) is 0 Å². The summed E-state index contributed by atoms with van der Waals surface area (Å²) in [6.45, 7) is 2.35. The first-order valence-electron chi connectivity index (χ1n) is 12.0. The summed E-state index contributed by atoms with van der Waals surface area (Å²) in [6.07, 6.45) is 3.97. The summed E-state index contributed by atoms with van der Waals surface area (Å²) in [5, 5.41) is 6.11. The standard InChI is InChI=1S/C28H30N4O2/c33-27(31-16-6-12-23-10-1-3-14-25(23)31)29-19-21-8-5-9-22(18-21)20-30-28(34)32-17-7-13-24-11-2-4-15-26(24)32/h1-5,8-11,14-15,18H,6-7,12-13,16-17,19-20H2,(H,29,33)(H,30,34). The number of urea groups is 2. The molecule has 5 rings (SSSR count). The number of aryl methyl sites for hydroxylation is 2. The van der Waals surface area contributed by atoms with Crippen molar-refractivity contribution in [3.8, 4) is 0 Å². The Labute approximate surface area is 200 Å². The van der Waals surface area contributed by atoms with Crippen molar-refractivity contribution in [1.29, 1.82) is 0 Å². The molecule has 0 unspecified atom stereocenters. The van der Waals surface area contributed by atoms with E-state index in [1.165, 1.54) is 11.1 Å². The van der Waals surface area contributed by atoms with Gasteiger partial charge in [-0.3, -0.25) is 9.80 Å². The van der Waals surface area contributed by atoms with Gasteiger partial charge in [-0.1, -0.05) is 60.7 Å². The molecule has 0 spiro atoms. The van der Waals surface area contributed by atoms with Gasteiger partial charge >= 0.3 is 12.1 Å². The predicted molar refractivity (Wildman–Crippen MR) is 135 cm³/mol. The molecular formula is C28H30N4O2. The quantitative estimate of drug-likeness (QED) is 0.582. The van der Waals surface area contributed by atoms with Crippen LogP contribution in [0.1, 0.15) is 35.1 Å². The fourth-order valence-electron chi connectivity index (χ4n) is 4.88. The number of hydrogen-bond acceptors (Lipinski definition) is 2. The summed E-state index contributed by atoms with van der Waals surface area (Å²) in [5.74, 6) is 0. The lowest BCUT2D eigenvalue weighted by Gasteiger charge is -2.29. The Bertz CT molecular complexity index is 1100. The lowest BCUT2D eigenvalue weighted by Crippen LogP contribution is -2.42. The molecule has 174 valence electrons. The largest absolute Gasteiger partial charge is 0.334 e. The molecule has 0 saturated heterocycles. The second-order valence-corrected chi connectivity index (χ2v) is 8.91. The highest BCUT2D eigenvalue weighted by Crippen LogP contribution is 2.27. The molecule has 2 aliphatic heterocycles. The van der Waals surface area contributed by atoms with E-state index >= 15 is 0 Å². The van der Waals surface area contributed by atoms with Crippen molar-refractivity contribution in [1.82, 2.24) is 10.6 Å². The van der Waals surface area contributed by atoms with Gasteiger partial charge < -0.3 is 10.6 Å². The number of carbonyl (C=O) groups is 2. The summed E-state index contributed by atoms with van der Waals surface area (Å²) < 4.78 is 0. The van der Waals surface area contributed by atoms with Crippen LogP contribution in [-0.4, -0.2) is 25.2 Å². The highest BCUT2D eigenvalue weighted by atomic mass is 16.2. The zero-order valence-electron chi connectivity index (χ0n) is 19.3. The Morgan fingerprint density at radius 2 is 1.12 bits per heavy atom. The molecule has 2 heterocycles. The highest BCUT2D eigenvalue weighted by molar-refractivity contribution is 5.94. The predicted octanol–water partition coefficient (Wildman–Crippen LogP) is 5.01. The smallest absolute Gasteiger partial charge is 0.322 e. The van der Waals surface area contributed by atoms with Gasteiger partial charge in [0.15, 0.2) is 0 Å². The molecule has 0 aliphatic carbocycles. The second-order valence-electron chi connectivity index (χ2n) is 8.91. The van der Waals surface area contributed by atoms with Crippen molar-refractivity contribution in [3.63, 3.8) is 0 Å². The van der Waals surface area contributed by atoms with Crippen LogP contribution in [0.4, 0.5) is 21.0 Å². The Morgan fingerprint density at radius 1 is 0.647 bits per heavy atom. The zero-order chi connectivity index (χ0) is 23.3. The molecule has 6 nitrogen and oxygen atoms in total. The van der Waals surface area contributed by atoms with Gasteiger partial charge in [0.25, 0.3) is 0 Å². The summed E-state index contributed by atoms with van der Waals surface area (Å²) in [5.41, 5.74) is 6.46. The molecule has 6 heteroatoms. The van der Waals surface area contributed by atoms with E-state index in [4.69, 9.17) is 0 Å². The van der Waals surface area contributed by atoms with E-state index in [9.17, 15) is 9.59 Å². The highest BCUT2D eigenvalue weighted by Gasteiger charge is 2.23. The Balaban J connectivity index is 1.17. The van der Waals surface area contributed by atoms with Crippen molar-refractivity contribution in [3.05, 3.63) is 95.1 Å². The van der Waals surface area contributed by atoms with Gasteiger partial charge in [0.05, 0.1) is 0 Å². The number of benzene rings is 3. The minimum Gasteiger partial charge on any atom is -0.334 e. The van der Waals surface area contributed by atoms with Gasteiger partial charge in [0.2, 0.25) is 0 Å². The number of para-hydroxylation sites is 2. The van der Waals surface area contributed by atoms with Crippen molar-refractivity contribution >= 4 is 23.4 Å². The molecule has 2 aliphatic rings. The summed E-state index contributed by atoms with van der Waals surface area (Å²) >= 11 is 0. The fraction of sp³-hybridized carbons (Fsp3) is 0.286. The minimum atomic E-state index is -0.0744. The Morgan fingerprint density at radius 3 is 1.62 bits per heavy atom. The maximum Gasteiger partial charge on any atom is 0.322 e. The van der Waals surface area contributed by atoms with Crippen molar-refractivity contribution < 1.29 is 9.59 Å². The van der Waals surface area contributed by atoms with E-state index < -0.39 is 0 Å². The van der Waals surface area contributed by atoms with Gasteiger partial charge in [-0.15, -0.1) is 0 Å². The number of nitrogens with one attached hydrogen (secondary N) is 2. The molecule has 0 fully saturated rings. The van der Waals surface area contributed by atoms with Crippen LogP contribution in [0.5, 0.6) is 0 Å². The van der Waals surface area contributed by atoms with E-state index in [1.807, 2.05) is 70.5 Å². The second kappa shape index (κ2) is 10.00. The van der Waals surface area contributed by atoms with Crippen LogP contribution in [0.25, 0.3) is 0 Å². The average Bonchev–Trinajstić information content (AvgIpc) is 2.90. The Hall–Kier alpha value is -3.80. The first kappa shape index (κ1) is 22.0. The number of fused-ring (bicyclic) bond motifs is 2. The SMILES string of the molecule is O=C(NCc1cccc(CNC(=O)N2CCCc3ccccc32)c1)N1CCCc2ccccc21. The molecule has 0 radical (unpaired) electrons. The third-order valence-corrected chi connectivity index (χ3v) is 6.59. The third kappa shape index (κ3) is 4.76. The molecule has 0 saturated carbocycles. The van der Waals surface area contributed by atoms with E-state index in [-0.39, 0.29) is 12.1 Å². The van der Waals surface area contributed by atoms with Gasteiger partial charge in [-0.05, 0) is 60.1 Å². The summed E-state index contributed by atoms with van der Waals surface area (Å²) in [7, 11) is 0. The van der Waals surface area contributed by atoms with Crippen LogP contribution in [0.2, 0.25) is 0 Å². The Kier molecular flexibility index (Phi) is 6.47. The lowest BCUT2D eigenvalue weighted by molar-refractivity contribution is 0.245.